The lowest BCUT2D eigenvalue weighted by molar-refractivity contribution is 0.472. The van der Waals surface area contributed by atoms with Crippen LogP contribution >= 0.6 is 0 Å². The number of aromatic hydroxyl groups is 1. The van der Waals surface area contributed by atoms with Crippen LogP contribution in [0.25, 0.3) is 0 Å². The lowest BCUT2D eigenvalue weighted by atomic mass is 10.3. The van der Waals surface area contributed by atoms with Crippen molar-refractivity contribution >= 4 is 0 Å². The number of hydrogen-bond donors (Lipinski definition) is 2. The van der Waals surface area contributed by atoms with Crippen LogP contribution in [0.1, 0.15) is 12.1 Å². The van der Waals surface area contributed by atoms with Gasteiger partial charge in [0.05, 0.1) is 6.20 Å². The average molecular weight is 162 g/mol. The van der Waals surface area contributed by atoms with Crippen molar-refractivity contribution in [2.75, 3.05) is 6.54 Å². The average Bonchev–Trinajstić information content (AvgIpc) is 2.09. The van der Waals surface area contributed by atoms with E-state index < -0.39 is 0 Å². The number of nitrogens with two attached hydrogens (primary N) is 1. The number of pyridine rings is 1. The molecule has 0 saturated carbocycles. The molecule has 1 aromatic rings. The number of nitrogens with zero attached hydrogens (tertiary/aromatic N) is 1. The Bertz CT molecular complexity index is 295. The van der Waals surface area contributed by atoms with Gasteiger partial charge in [-0.25, -0.2) is 4.98 Å². The monoisotopic (exact) mass is 162 g/mol. The molecular weight excluding hydrogens is 152 g/mol. The van der Waals surface area contributed by atoms with Crippen LogP contribution in [0.3, 0.4) is 0 Å². The SMILES string of the molecule is NCCC#Cc1ccc(O)cn1. The Morgan fingerprint density at radius 1 is 1.50 bits per heavy atom. The zero-order valence-electron chi connectivity index (χ0n) is 6.62. The van der Waals surface area contributed by atoms with E-state index in [-0.39, 0.29) is 5.75 Å². The van der Waals surface area contributed by atoms with Gasteiger partial charge in [0.1, 0.15) is 11.4 Å². The van der Waals surface area contributed by atoms with E-state index in [1.807, 2.05) is 0 Å². The molecule has 12 heavy (non-hydrogen) atoms. The van der Waals surface area contributed by atoms with Crippen LogP contribution in [-0.2, 0) is 0 Å². The molecule has 3 heteroatoms. The molecular formula is C9H10N2O. The summed E-state index contributed by atoms with van der Waals surface area (Å²) in [4.78, 5) is 3.89. The Kier molecular flexibility index (Phi) is 3.12. The fraction of sp³-hybridized carbons (Fsp3) is 0.222. The first-order chi connectivity index (χ1) is 5.83. The summed E-state index contributed by atoms with van der Waals surface area (Å²) in [6, 6.07) is 3.22. The van der Waals surface area contributed by atoms with E-state index in [1.165, 1.54) is 6.20 Å². The minimum atomic E-state index is 0.152. The molecule has 3 N–H and O–H groups in total. The lowest BCUT2D eigenvalue weighted by Crippen LogP contribution is -1.95. The molecule has 1 rings (SSSR count). The van der Waals surface area contributed by atoms with Gasteiger partial charge in [0.15, 0.2) is 0 Å². The summed E-state index contributed by atoms with van der Waals surface area (Å²) in [6.45, 7) is 0.561. The Morgan fingerprint density at radius 3 is 2.92 bits per heavy atom. The van der Waals surface area contributed by atoms with Gasteiger partial charge in [0.25, 0.3) is 0 Å². The maximum atomic E-state index is 8.90. The molecule has 0 bridgehead atoms. The highest BCUT2D eigenvalue weighted by atomic mass is 16.3. The largest absolute Gasteiger partial charge is 0.506 e. The molecule has 0 amide bonds. The topological polar surface area (TPSA) is 59.1 Å². The molecule has 0 unspecified atom stereocenters. The summed E-state index contributed by atoms with van der Waals surface area (Å²) < 4.78 is 0. The minimum Gasteiger partial charge on any atom is -0.506 e. The van der Waals surface area contributed by atoms with Crippen LogP contribution in [0.15, 0.2) is 18.3 Å². The van der Waals surface area contributed by atoms with Crippen LogP contribution < -0.4 is 5.73 Å². The van der Waals surface area contributed by atoms with E-state index in [9.17, 15) is 0 Å². The van der Waals surface area contributed by atoms with Gasteiger partial charge in [-0.2, -0.15) is 0 Å². The van der Waals surface area contributed by atoms with Gasteiger partial charge in [-0.05, 0) is 18.1 Å². The second-order valence-electron chi connectivity index (χ2n) is 2.24. The van der Waals surface area contributed by atoms with Gasteiger partial charge in [0, 0.05) is 13.0 Å². The van der Waals surface area contributed by atoms with Crippen LogP contribution in [-0.4, -0.2) is 16.6 Å². The number of aromatic nitrogens is 1. The van der Waals surface area contributed by atoms with Crippen molar-refractivity contribution in [1.82, 2.24) is 4.98 Å². The maximum absolute atomic E-state index is 8.90. The first-order valence-corrected chi connectivity index (χ1v) is 3.67. The Hall–Kier alpha value is -1.53. The Morgan fingerprint density at radius 2 is 2.33 bits per heavy atom. The first kappa shape index (κ1) is 8.57. The van der Waals surface area contributed by atoms with Crippen molar-refractivity contribution in [2.45, 2.75) is 6.42 Å². The van der Waals surface area contributed by atoms with Crippen molar-refractivity contribution in [3.63, 3.8) is 0 Å². The van der Waals surface area contributed by atoms with Crippen molar-refractivity contribution < 1.29 is 5.11 Å². The van der Waals surface area contributed by atoms with E-state index in [2.05, 4.69) is 16.8 Å². The predicted octanol–water partition coefficient (Wildman–Crippen LogP) is 0.488. The van der Waals surface area contributed by atoms with Gasteiger partial charge in [-0.3, -0.25) is 0 Å². The minimum absolute atomic E-state index is 0.152. The molecule has 1 heterocycles. The summed E-state index contributed by atoms with van der Waals surface area (Å²) in [5.74, 6) is 5.82. The Labute approximate surface area is 71.2 Å². The third-order valence-electron chi connectivity index (χ3n) is 1.23. The van der Waals surface area contributed by atoms with Gasteiger partial charge in [-0.15, -0.1) is 0 Å². The van der Waals surface area contributed by atoms with Crippen LogP contribution in [0.5, 0.6) is 5.75 Å². The molecule has 62 valence electrons. The van der Waals surface area contributed by atoms with Crippen LogP contribution in [0, 0.1) is 11.8 Å². The third-order valence-corrected chi connectivity index (χ3v) is 1.23. The fourth-order valence-electron chi connectivity index (χ4n) is 0.685. The highest BCUT2D eigenvalue weighted by Gasteiger charge is 1.87. The summed E-state index contributed by atoms with van der Waals surface area (Å²) in [6.07, 6.45) is 2.04. The van der Waals surface area contributed by atoms with E-state index in [4.69, 9.17) is 10.8 Å². The summed E-state index contributed by atoms with van der Waals surface area (Å²) in [5.41, 5.74) is 5.91. The van der Waals surface area contributed by atoms with E-state index in [0.29, 0.717) is 18.7 Å². The quantitative estimate of drug-likeness (QED) is 0.591. The van der Waals surface area contributed by atoms with Crippen LogP contribution in [0.2, 0.25) is 0 Å². The fourth-order valence-corrected chi connectivity index (χ4v) is 0.685. The Balaban J connectivity index is 2.66. The van der Waals surface area contributed by atoms with Gasteiger partial charge in [-0.1, -0.05) is 5.92 Å². The highest BCUT2D eigenvalue weighted by Crippen LogP contribution is 2.04. The van der Waals surface area contributed by atoms with Gasteiger partial charge < -0.3 is 10.8 Å². The molecule has 1 aromatic heterocycles. The zero-order chi connectivity index (χ0) is 8.81. The highest BCUT2D eigenvalue weighted by molar-refractivity contribution is 5.30. The van der Waals surface area contributed by atoms with E-state index in [1.54, 1.807) is 12.1 Å². The lowest BCUT2D eigenvalue weighted by Gasteiger charge is -1.89. The molecule has 0 aliphatic rings. The second kappa shape index (κ2) is 4.37. The van der Waals surface area contributed by atoms with Crippen molar-refractivity contribution in [3.05, 3.63) is 24.0 Å². The first-order valence-electron chi connectivity index (χ1n) is 3.67. The molecule has 0 aliphatic carbocycles. The second-order valence-corrected chi connectivity index (χ2v) is 2.24. The molecule has 3 nitrogen and oxygen atoms in total. The maximum Gasteiger partial charge on any atom is 0.133 e. The summed E-state index contributed by atoms with van der Waals surface area (Å²) in [7, 11) is 0. The van der Waals surface area contributed by atoms with Gasteiger partial charge in [0.2, 0.25) is 0 Å². The number of hydrogen-bond acceptors (Lipinski definition) is 3. The van der Waals surface area contributed by atoms with E-state index >= 15 is 0 Å². The van der Waals surface area contributed by atoms with Crippen molar-refractivity contribution in [2.24, 2.45) is 5.73 Å². The summed E-state index contributed by atoms with van der Waals surface area (Å²) in [5, 5.41) is 8.90. The van der Waals surface area contributed by atoms with E-state index in [0.717, 1.165) is 0 Å². The molecule has 0 spiro atoms. The third kappa shape index (κ3) is 2.60. The molecule has 0 saturated heterocycles. The van der Waals surface area contributed by atoms with Crippen molar-refractivity contribution in [3.8, 4) is 17.6 Å². The van der Waals surface area contributed by atoms with Crippen molar-refractivity contribution in [1.29, 1.82) is 0 Å². The summed E-state index contributed by atoms with van der Waals surface area (Å²) >= 11 is 0. The molecule has 0 fully saturated rings. The normalized spacial score (nSPS) is 8.75. The zero-order valence-corrected chi connectivity index (χ0v) is 6.62. The smallest absolute Gasteiger partial charge is 0.133 e. The predicted molar refractivity (Wildman–Crippen MR) is 46.5 cm³/mol. The molecule has 0 aromatic carbocycles. The molecule has 0 radical (unpaired) electrons. The van der Waals surface area contributed by atoms with Gasteiger partial charge >= 0.3 is 0 Å². The molecule has 0 aliphatic heterocycles. The van der Waals surface area contributed by atoms with Crippen LogP contribution in [0.4, 0.5) is 0 Å². The standard InChI is InChI=1S/C9H10N2O/c10-6-2-1-3-8-4-5-9(12)7-11-8/h4-5,7,12H,2,6,10H2. The number of rotatable bonds is 1. The molecule has 0 atom stereocenters.